The van der Waals surface area contributed by atoms with Gasteiger partial charge in [0.1, 0.15) is 0 Å². The predicted molar refractivity (Wildman–Crippen MR) is 82.8 cm³/mol. The summed E-state index contributed by atoms with van der Waals surface area (Å²) in [7, 11) is 0. The van der Waals surface area contributed by atoms with Crippen molar-refractivity contribution >= 4 is 23.2 Å². The van der Waals surface area contributed by atoms with Gasteiger partial charge in [-0.3, -0.25) is 0 Å². The lowest BCUT2D eigenvalue weighted by Crippen LogP contribution is -2.23. The van der Waals surface area contributed by atoms with E-state index in [0.29, 0.717) is 16.9 Å². The highest BCUT2D eigenvalue weighted by Crippen LogP contribution is 2.19. The van der Waals surface area contributed by atoms with Gasteiger partial charge < -0.3 is 21.6 Å². The zero-order valence-corrected chi connectivity index (χ0v) is 11.5. The SMILES string of the molecule is Cc1cccc(NC(=O)Nc2ccccc2)c1/C(N)=N/O. The second-order valence-corrected chi connectivity index (χ2v) is 4.43. The molecule has 2 rings (SSSR count). The largest absolute Gasteiger partial charge is 0.409 e. The Morgan fingerprint density at radius 1 is 1.10 bits per heavy atom. The van der Waals surface area contributed by atoms with Crippen molar-refractivity contribution in [2.24, 2.45) is 10.9 Å². The Hall–Kier alpha value is -3.02. The Morgan fingerprint density at radius 2 is 1.81 bits per heavy atom. The summed E-state index contributed by atoms with van der Waals surface area (Å²) in [5.74, 6) is -0.0527. The van der Waals surface area contributed by atoms with Gasteiger partial charge in [-0.2, -0.15) is 0 Å². The molecule has 0 bridgehead atoms. The highest BCUT2D eigenvalue weighted by molar-refractivity contribution is 6.08. The molecule has 2 amide bonds. The van der Waals surface area contributed by atoms with Gasteiger partial charge in [0.25, 0.3) is 0 Å². The van der Waals surface area contributed by atoms with Crippen LogP contribution in [0.5, 0.6) is 0 Å². The standard InChI is InChI=1S/C15H16N4O2/c1-10-6-5-9-12(13(10)14(16)19-21)18-15(20)17-11-7-3-2-4-8-11/h2-9,21H,1H3,(H2,16,19)(H2,17,18,20). The average Bonchev–Trinajstić information content (AvgIpc) is 2.47. The molecule has 0 saturated heterocycles. The molecule has 21 heavy (non-hydrogen) atoms. The summed E-state index contributed by atoms with van der Waals surface area (Å²) in [5, 5.41) is 17.2. The van der Waals surface area contributed by atoms with Crippen LogP contribution in [0.1, 0.15) is 11.1 Å². The molecule has 0 radical (unpaired) electrons. The number of para-hydroxylation sites is 1. The number of carbonyl (C=O) groups is 1. The zero-order valence-electron chi connectivity index (χ0n) is 11.5. The summed E-state index contributed by atoms with van der Waals surface area (Å²) in [6.07, 6.45) is 0. The van der Waals surface area contributed by atoms with Crippen LogP contribution in [0.25, 0.3) is 0 Å². The molecule has 0 aliphatic rings. The van der Waals surface area contributed by atoms with Crippen molar-refractivity contribution in [3.05, 3.63) is 59.7 Å². The number of anilines is 2. The van der Waals surface area contributed by atoms with Gasteiger partial charge in [-0.05, 0) is 30.7 Å². The number of amidine groups is 1. The van der Waals surface area contributed by atoms with Crippen molar-refractivity contribution in [2.45, 2.75) is 6.92 Å². The third-order valence-corrected chi connectivity index (χ3v) is 2.92. The molecule has 0 atom stereocenters. The fraction of sp³-hybridized carbons (Fsp3) is 0.0667. The van der Waals surface area contributed by atoms with E-state index in [9.17, 15) is 4.79 Å². The molecule has 2 aromatic carbocycles. The molecule has 0 aliphatic heterocycles. The van der Waals surface area contributed by atoms with Crippen LogP contribution in [-0.4, -0.2) is 17.1 Å². The third-order valence-electron chi connectivity index (χ3n) is 2.92. The zero-order chi connectivity index (χ0) is 15.2. The van der Waals surface area contributed by atoms with Crippen LogP contribution < -0.4 is 16.4 Å². The number of benzene rings is 2. The van der Waals surface area contributed by atoms with Crippen LogP contribution in [0.15, 0.2) is 53.7 Å². The second kappa shape index (κ2) is 6.42. The lowest BCUT2D eigenvalue weighted by Gasteiger charge is -2.13. The lowest BCUT2D eigenvalue weighted by molar-refractivity contribution is 0.262. The molecule has 108 valence electrons. The normalized spacial score (nSPS) is 11.0. The van der Waals surface area contributed by atoms with Gasteiger partial charge in [0.15, 0.2) is 5.84 Å². The first-order valence-corrected chi connectivity index (χ1v) is 6.32. The van der Waals surface area contributed by atoms with Crippen molar-refractivity contribution in [1.82, 2.24) is 0 Å². The average molecular weight is 284 g/mol. The van der Waals surface area contributed by atoms with Gasteiger partial charge in [0, 0.05) is 11.3 Å². The first-order chi connectivity index (χ1) is 10.1. The highest BCUT2D eigenvalue weighted by atomic mass is 16.4. The Labute approximate surface area is 122 Å². The van der Waals surface area contributed by atoms with Crippen LogP contribution in [0.4, 0.5) is 16.2 Å². The molecule has 0 unspecified atom stereocenters. The van der Waals surface area contributed by atoms with E-state index in [1.165, 1.54) is 0 Å². The Kier molecular flexibility index (Phi) is 4.40. The summed E-state index contributed by atoms with van der Waals surface area (Å²) in [4.78, 5) is 12.0. The minimum Gasteiger partial charge on any atom is -0.409 e. The maximum absolute atomic E-state index is 12.0. The number of aryl methyl sites for hydroxylation is 1. The molecule has 0 heterocycles. The van der Waals surface area contributed by atoms with Crippen LogP contribution >= 0.6 is 0 Å². The van der Waals surface area contributed by atoms with E-state index in [2.05, 4.69) is 15.8 Å². The Bertz CT molecular complexity index is 669. The van der Waals surface area contributed by atoms with Crippen molar-refractivity contribution in [3.63, 3.8) is 0 Å². The summed E-state index contributed by atoms with van der Waals surface area (Å²) in [5.41, 5.74) is 8.08. The highest BCUT2D eigenvalue weighted by Gasteiger charge is 2.12. The van der Waals surface area contributed by atoms with Gasteiger partial charge >= 0.3 is 6.03 Å². The number of nitrogens with zero attached hydrogens (tertiary/aromatic N) is 1. The third kappa shape index (κ3) is 3.50. The first-order valence-electron chi connectivity index (χ1n) is 6.32. The first kappa shape index (κ1) is 14.4. The second-order valence-electron chi connectivity index (χ2n) is 4.43. The fourth-order valence-electron chi connectivity index (χ4n) is 1.97. The molecule has 0 spiro atoms. The van der Waals surface area contributed by atoms with Crippen molar-refractivity contribution in [1.29, 1.82) is 0 Å². The van der Waals surface area contributed by atoms with E-state index in [4.69, 9.17) is 10.9 Å². The van der Waals surface area contributed by atoms with Crippen molar-refractivity contribution in [2.75, 3.05) is 10.6 Å². The minimum atomic E-state index is -0.404. The number of oxime groups is 1. The van der Waals surface area contributed by atoms with E-state index in [-0.39, 0.29) is 5.84 Å². The fourth-order valence-corrected chi connectivity index (χ4v) is 1.97. The molecule has 0 aliphatic carbocycles. The number of hydrogen-bond donors (Lipinski definition) is 4. The van der Waals surface area contributed by atoms with Gasteiger partial charge in [-0.25, -0.2) is 4.79 Å². The van der Waals surface area contributed by atoms with Gasteiger partial charge in [0.2, 0.25) is 0 Å². The Balaban J connectivity index is 2.20. The van der Waals surface area contributed by atoms with Crippen LogP contribution in [0.2, 0.25) is 0 Å². The maximum atomic E-state index is 12.0. The summed E-state index contributed by atoms with van der Waals surface area (Å²) in [6.45, 7) is 1.81. The molecule has 0 saturated carbocycles. The van der Waals surface area contributed by atoms with E-state index in [0.717, 1.165) is 5.56 Å². The number of amides is 2. The molecular weight excluding hydrogens is 268 g/mol. The predicted octanol–water partition coefficient (Wildman–Crippen LogP) is 2.73. The van der Waals surface area contributed by atoms with Gasteiger partial charge in [-0.1, -0.05) is 35.5 Å². The number of carbonyl (C=O) groups excluding carboxylic acids is 1. The molecular formula is C15H16N4O2. The number of nitrogens with one attached hydrogen (secondary N) is 2. The van der Waals surface area contributed by atoms with Crippen molar-refractivity contribution in [3.8, 4) is 0 Å². The number of urea groups is 1. The summed E-state index contributed by atoms with van der Waals surface area (Å²) >= 11 is 0. The van der Waals surface area contributed by atoms with E-state index in [1.807, 2.05) is 31.2 Å². The molecule has 0 aromatic heterocycles. The molecule has 0 fully saturated rings. The molecule has 5 N–H and O–H groups in total. The molecule has 6 nitrogen and oxygen atoms in total. The number of hydrogen-bond acceptors (Lipinski definition) is 3. The summed E-state index contributed by atoms with van der Waals surface area (Å²) in [6, 6.07) is 13.9. The quantitative estimate of drug-likeness (QED) is 0.302. The van der Waals surface area contributed by atoms with Crippen LogP contribution in [-0.2, 0) is 0 Å². The van der Waals surface area contributed by atoms with E-state index >= 15 is 0 Å². The number of nitrogens with two attached hydrogens (primary N) is 1. The summed E-state index contributed by atoms with van der Waals surface area (Å²) < 4.78 is 0. The topological polar surface area (TPSA) is 99.7 Å². The number of rotatable bonds is 3. The van der Waals surface area contributed by atoms with Gasteiger partial charge in [-0.15, -0.1) is 0 Å². The minimum absolute atomic E-state index is 0.0527. The van der Waals surface area contributed by atoms with E-state index in [1.54, 1.807) is 24.3 Å². The molecule has 6 heteroatoms. The van der Waals surface area contributed by atoms with E-state index < -0.39 is 6.03 Å². The van der Waals surface area contributed by atoms with Crippen LogP contribution in [0, 0.1) is 6.92 Å². The molecule has 2 aromatic rings. The van der Waals surface area contributed by atoms with Crippen LogP contribution in [0.3, 0.4) is 0 Å². The Morgan fingerprint density at radius 3 is 2.48 bits per heavy atom. The monoisotopic (exact) mass is 284 g/mol. The van der Waals surface area contributed by atoms with Crippen molar-refractivity contribution < 1.29 is 10.0 Å². The van der Waals surface area contributed by atoms with Gasteiger partial charge in [0.05, 0.1) is 5.69 Å². The smallest absolute Gasteiger partial charge is 0.323 e. The lowest BCUT2D eigenvalue weighted by atomic mass is 10.1. The maximum Gasteiger partial charge on any atom is 0.323 e.